The lowest BCUT2D eigenvalue weighted by Gasteiger charge is -2.04. The van der Waals surface area contributed by atoms with E-state index in [1.807, 2.05) is 0 Å². The van der Waals surface area contributed by atoms with Gasteiger partial charge in [0.2, 0.25) is 0 Å². The molecule has 1 aromatic rings. The summed E-state index contributed by atoms with van der Waals surface area (Å²) in [5, 5.41) is 28.7. The summed E-state index contributed by atoms with van der Waals surface area (Å²) in [6.45, 7) is 0. The van der Waals surface area contributed by atoms with Gasteiger partial charge in [-0.1, -0.05) is 11.6 Å². The van der Waals surface area contributed by atoms with Gasteiger partial charge in [-0.3, -0.25) is 20.2 Å². The van der Waals surface area contributed by atoms with Crippen LogP contribution in [-0.2, 0) is 4.99 Å². The topological polar surface area (TPSA) is 128 Å². The van der Waals surface area contributed by atoms with Crippen molar-refractivity contribution in [2.24, 2.45) is 0 Å². The highest BCUT2D eigenvalue weighted by Gasteiger charge is 2.23. The molecule has 0 aliphatic rings. The lowest BCUT2D eigenvalue weighted by Crippen LogP contribution is -2.01. The highest BCUT2D eigenvalue weighted by Crippen LogP contribution is 2.36. The van der Waals surface area contributed by atoms with Crippen molar-refractivity contribution in [1.82, 2.24) is 0 Å². The number of hydrogen-bond donors (Lipinski definition) is 2. The molecule has 0 saturated carbocycles. The molecule has 10 heteroatoms. The van der Waals surface area contributed by atoms with E-state index in [0.717, 1.165) is 6.07 Å². The van der Waals surface area contributed by atoms with E-state index in [9.17, 15) is 20.2 Å². The second-order valence-electron chi connectivity index (χ2n) is 2.53. The SMILES string of the molecule is O=[N+]([O-])c1cc(NOO)c(Cl)c([N+](=O)[O-])c1. The number of nitrogens with zero attached hydrogens (tertiary/aromatic N) is 2. The summed E-state index contributed by atoms with van der Waals surface area (Å²) in [5.74, 6) is 0. The van der Waals surface area contributed by atoms with E-state index in [4.69, 9.17) is 16.9 Å². The summed E-state index contributed by atoms with van der Waals surface area (Å²) in [4.78, 5) is 22.7. The molecule has 0 bridgehead atoms. The van der Waals surface area contributed by atoms with Crippen LogP contribution in [0.15, 0.2) is 12.1 Å². The standard InChI is InChI=1S/C6H4ClN3O6/c7-6-4(8-16-15)1-3(9(11)12)2-5(6)10(13)14/h1-2,8,15H. The maximum Gasteiger partial charge on any atom is 0.296 e. The van der Waals surface area contributed by atoms with Gasteiger partial charge in [-0.15, -0.1) is 4.99 Å². The Kier molecular flexibility index (Phi) is 3.55. The van der Waals surface area contributed by atoms with E-state index in [-0.39, 0.29) is 5.69 Å². The number of benzene rings is 1. The first-order valence-corrected chi connectivity index (χ1v) is 4.04. The molecule has 16 heavy (non-hydrogen) atoms. The van der Waals surface area contributed by atoms with Gasteiger partial charge in [-0.05, 0) is 0 Å². The fourth-order valence-electron chi connectivity index (χ4n) is 0.956. The molecular weight excluding hydrogens is 246 g/mol. The van der Waals surface area contributed by atoms with Crippen molar-refractivity contribution >= 4 is 28.7 Å². The van der Waals surface area contributed by atoms with Crippen molar-refractivity contribution in [1.29, 1.82) is 0 Å². The molecule has 0 unspecified atom stereocenters. The average molecular weight is 250 g/mol. The second kappa shape index (κ2) is 4.70. The molecule has 0 heterocycles. The highest BCUT2D eigenvalue weighted by molar-refractivity contribution is 6.35. The minimum absolute atomic E-state index is 0.287. The van der Waals surface area contributed by atoms with Crippen molar-refractivity contribution in [2.75, 3.05) is 5.48 Å². The largest absolute Gasteiger partial charge is 0.296 e. The molecule has 9 nitrogen and oxygen atoms in total. The number of halogens is 1. The monoisotopic (exact) mass is 249 g/mol. The molecule has 0 saturated heterocycles. The molecule has 0 aliphatic heterocycles. The summed E-state index contributed by atoms with van der Waals surface area (Å²) in [5.41, 5.74) is 0.264. The van der Waals surface area contributed by atoms with Crippen molar-refractivity contribution in [3.8, 4) is 0 Å². The summed E-state index contributed by atoms with van der Waals surface area (Å²) >= 11 is 5.54. The zero-order valence-corrected chi connectivity index (χ0v) is 8.17. The first-order valence-electron chi connectivity index (χ1n) is 3.66. The maximum absolute atomic E-state index is 10.5. The quantitative estimate of drug-likeness (QED) is 0.474. The zero-order chi connectivity index (χ0) is 12.3. The number of nitrogens with one attached hydrogen (secondary N) is 1. The molecule has 0 radical (unpaired) electrons. The molecule has 0 spiro atoms. The second-order valence-corrected chi connectivity index (χ2v) is 2.91. The molecule has 0 atom stereocenters. The van der Waals surface area contributed by atoms with Crippen molar-refractivity contribution in [3.05, 3.63) is 37.4 Å². The molecular formula is C6H4ClN3O6. The van der Waals surface area contributed by atoms with Gasteiger partial charge in [-0.2, -0.15) is 0 Å². The summed E-state index contributed by atoms with van der Waals surface area (Å²) in [6, 6.07) is 1.58. The number of nitro groups is 2. The highest BCUT2D eigenvalue weighted by atomic mass is 35.5. The van der Waals surface area contributed by atoms with Crippen LogP contribution in [-0.4, -0.2) is 15.1 Å². The molecule has 2 N–H and O–H groups in total. The number of anilines is 1. The zero-order valence-electron chi connectivity index (χ0n) is 7.42. The van der Waals surface area contributed by atoms with Crippen LogP contribution in [0.2, 0.25) is 5.02 Å². The van der Waals surface area contributed by atoms with Crippen LogP contribution in [0.4, 0.5) is 17.1 Å². The van der Waals surface area contributed by atoms with Gasteiger partial charge in [0.15, 0.2) is 0 Å². The van der Waals surface area contributed by atoms with Crippen LogP contribution in [0.5, 0.6) is 0 Å². The minimum Gasteiger partial charge on any atom is -0.258 e. The van der Waals surface area contributed by atoms with Crippen molar-refractivity contribution in [2.45, 2.75) is 0 Å². The Bertz CT molecular complexity index is 450. The number of non-ortho nitro benzene ring substituents is 1. The number of nitro benzene ring substituents is 2. The molecule has 0 amide bonds. The van der Waals surface area contributed by atoms with Gasteiger partial charge >= 0.3 is 0 Å². The summed E-state index contributed by atoms with van der Waals surface area (Å²) in [6.07, 6.45) is 0. The Morgan fingerprint density at radius 3 is 2.38 bits per heavy atom. The fraction of sp³-hybridized carbons (Fsp3) is 0. The molecule has 1 aromatic carbocycles. The molecule has 86 valence electrons. The minimum atomic E-state index is -0.891. The van der Waals surface area contributed by atoms with Crippen molar-refractivity contribution in [3.63, 3.8) is 0 Å². The van der Waals surface area contributed by atoms with Crippen molar-refractivity contribution < 1.29 is 20.1 Å². The van der Waals surface area contributed by atoms with Gasteiger partial charge in [0.05, 0.1) is 21.6 Å². The van der Waals surface area contributed by atoms with Crippen LogP contribution >= 0.6 is 11.6 Å². The van der Waals surface area contributed by atoms with E-state index in [2.05, 4.69) is 4.99 Å². The van der Waals surface area contributed by atoms with E-state index >= 15 is 0 Å². The van der Waals surface area contributed by atoms with Gasteiger partial charge in [-0.25, -0.2) is 10.7 Å². The Morgan fingerprint density at radius 1 is 1.31 bits per heavy atom. The normalized spacial score (nSPS) is 9.88. The Labute approximate surface area is 92.4 Å². The predicted octanol–water partition coefficient (Wildman–Crippen LogP) is 1.97. The van der Waals surface area contributed by atoms with Gasteiger partial charge < -0.3 is 0 Å². The van der Waals surface area contributed by atoms with Crippen LogP contribution in [0.25, 0.3) is 0 Å². The van der Waals surface area contributed by atoms with Gasteiger partial charge in [0, 0.05) is 6.07 Å². The Balaban J connectivity index is 3.38. The van der Waals surface area contributed by atoms with Crippen LogP contribution in [0.1, 0.15) is 0 Å². The maximum atomic E-state index is 10.5. The van der Waals surface area contributed by atoms with Crippen LogP contribution < -0.4 is 5.48 Å². The molecule has 0 aromatic heterocycles. The first-order chi connectivity index (χ1) is 7.47. The molecule has 0 aliphatic carbocycles. The van der Waals surface area contributed by atoms with E-state index in [0.29, 0.717) is 6.07 Å². The lowest BCUT2D eigenvalue weighted by atomic mass is 10.2. The molecule has 0 fully saturated rings. The van der Waals surface area contributed by atoms with E-state index in [1.54, 1.807) is 5.48 Å². The Hall–Kier alpha value is -1.97. The van der Waals surface area contributed by atoms with E-state index < -0.39 is 26.2 Å². The third-order valence-electron chi connectivity index (χ3n) is 1.60. The summed E-state index contributed by atoms with van der Waals surface area (Å²) in [7, 11) is 0. The van der Waals surface area contributed by atoms with E-state index in [1.165, 1.54) is 0 Å². The van der Waals surface area contributed by atoms with Crippen LogP contribution in [0, 0.1) is 20.2 Å². The first kappa shape index (κ1) is 12.1. The molecule has 1 rings (SSSR count). The third-order valence-corrected chi connectivity index (χ3v) is 2.00. The Morgan fingerprint density at radius 2 is 1.94 bits per heavy atom. The smallest absolute Gasteiger partial charge is 0.258 e. The summed E-state index contributed by atoms with van der Waals surface area (Å²) < 4.78 is 0. The van der Waals surface area contributed by atoms with Gasteiger partial charge in [0.25, 0.3) is 11.4 Å². The number of hydrogen-bond acceptors (Lipinski definition) is 7. The predicted molar refractivity (Wildman–Crippen MR) is 52.1 cm³/mol. The fourth-order valence-corrected chi connectivity index (χ4v) is 1.17. The number of rotatable bonds is 4. The van der Waals surface area contributed by atoms with Crippen LogP contribution in [0.3, 0.4) is 0 Å². The average Bonchev–Trinajstić information content (AvgIpc) is 2.20. The third kappa shape index (κ3) is 2.34. The van der Waals surface area contributed by atoms with Gasteiger partial charge in [0.1, 0.15) is 5.02 Å². The lowest BCUT2D eigenvalue weighted by molar-refractivity contribution is -0.394.